The van der Waals surface area contributed by atoms with Crippen molar-refractivity contribution in [2.75, 3.05) is 51.3 Å². The van der Waals surface area contributed by atoms with Gasteiger partial charge in [0.15, 0.2) is 5.65 Å². The molecule has 214 valence electrons. The molecule has 2 saturated heterocycles. The lowest BCUT2D eigenvalue weighted by atomic mass is 10.1. The topological polar surface area (TPSA) is 143 Å². The summed E-state index contributed by atoms with van der Waals surface area (Å²) >= 11 is 0. The Balaban J connectivity index is 1.20. The Hall–Kier alpha value is -4.81. The van der Waals surface area contributed by atoms with E-state index in [4.69, 9.17) is 5.84 Å². The van der Waals surface area contributed by atoms with Crippen LogP contribution in [0.25, 0.3) is 44.5 Å². The predicted molar refractivity (Wildman–Crippen MR) is 161 cm³/mol. The van der Waals surface area contributed by atoms with Crippen molar-refractivity contribution in [3.63, 3.8) is 0 Å². The number of aromatic nitrogens is 5. The first-order chi connectivity index (χ1) is 20.5. The normalized spacial score (nSPS) is 16.0. The van der Waals surface area contributed by atoms with Gasteiger partial charge in [0.2, 0.25) is 0 Å². The fourth-order valence-electron chi connectivity index (χ4n) is 5.80. The second kappa shape index (κ2) is 10.5. The molecular weight excluding hydrogens is 532 g/mol. The molecule has 0 bridgehead atoms. The third-order valence-electron chi connectivity index (χ3n) is 8.27. The van der Waals surface area contributed by atoms with Crippen molar-refractivity contribution in [3.05, 3.63) is 60.6 Å². The number of anilines is 1. The fourth-order valence-corrected chi connectivity index (χ4v) is 5.80. The highest BCUT2D eigenvalue weighted by atomic mass is 16.2. The lowest BCUT2D eigenvalue weighted by Crippen LogP contribution is -2.54. The van der Waals surface area contributed by atoms with E-state index in [1.807, 2.05) is 48.3 Å². The number of aromatic amines is 2. The van der Waals surface area contributed by atoms with Crippen molar-refractivity contribution in [1.82, 2.24) is 39.8 Å². The average molecular weight is 565 g/mol. The van der Waals surface area contributed by atoms with Gasteiger partial charge in [-0.15, -0.1) is 0 Å². The van der Waals surface area contributed by atoms with Crippen molar-refractivity contribution in [2.45, 2.75) is 12.8 Å². The number of hydrogen-bond acceptors (Lipinski definition) is 7. The lowest BCUT2D eigenvalue weighted by Gasteiger charge is -2.34. The number of H-pyrrole nitrogens is 2. The Morgan fingerprint density at radius 3 is 2.50 bits per heavy atom. The van der Waals surface area contributed by atoms with E-state index in [-0.39, 0.29) is 11.9 Å². The fraction of sp³-hybridized carbons (Fsp3) is 0.300. The molecule has 2 aliphatic rings. The molecule has 0 saturated carbocycles. The number of fused-ring (bicyclic) bond motifs is 2. The molecule has 2 fully saturated rings. The van der Waals surface area contributed by atoms with E-state index in [1.165, 1.54) is 0 Å². The number of urea groups is 1. The van der Waals surface area contributed by atoms with Gasteiger partial charge in [0.05, 0.1) is 17.6 Å². The van der Waals surface area contributed by atoms with Crippen LogP contribution in [0.2, 0.25) is 0 Å². The third kappa shape index (κ3) is 4.64. The Bertz CT molecular complexity index is 1800. The Labute approximate surface area is 242 Å². The summed E-state index contributed by atoms with van der Waals surface area (Å²) < 4.78 is 0. The lowest BCUT2D eigenvalue weighted by molar-refractivity contribution is 0.0794. The van der Waals surface area contributed by atoms with Crippen LogP contribution < -0.4 is 10.9 Å². The van der Waals surface area contributed by atoms with Crippen LogP contribution in [0.15, 0.2) is 55.0 Å². The summed E-state index contributed by atoms with van der Waals surface area (Å²) in [5.74, 6) is 6.32. The van der Waals surface area contributed by atoms with Crippen LogP contribution in [0, 0.1) is 0 Å². The second-order valence-electron chi connectivity index (χ2n) is 11.0. The van der Waals surface area contributed by atoms with Crippen LogP contribution >= 0.6 is 0 Å². The molecule has 42 heavy (non-hydrogen) atoms. The number of carbonyl (C=O) groups is 2. The third-order valence-corrected chi connectivity index (χ3v) is 8.27. The molecule has 1 aromatic carbocycles. The summed E-state index contributed by atoms with van der Waals surface area (Å²) in [4.78, 5) is 44.5. The van der Waals surface area contributed by atoms with E-state index in [9.17, 15) is 9.59 Å². The van der Waals surface area contributed by atoms with Crippen LogP contribution in [0.4, 0.5) is 10.5 Å². The molecule has 12 heteroatoms. The number of carbonyl (C=O) groups excluding carboxylic acids is 2. The van der Waals surface area contributed by atoms with Crippen molar-refractivity contribution in [1.29, 1.82) is 0 Å². The molecule has 4 aromatic heterocycles. The number of rotatable bonds is 4. The average Bonchev–Trinajstić information content (AvgIpc) is 3.80. The molecule has 3 amide bonds. The number of amides is 3. The van der Waals surface area contributed by atoms with E-state index in [1.54, 1.807) is 23.5 Å². The van der Waals surface area contributed by atoms with E-state index in [0.29, 0.717) is 35.7 Å². The maximum absolute atomic E-state index is 13.2. The summed E-state index contributed by atoms with van der Waals surface area (Å²) in [6.07, 6.45) is 7.13. The SMILES string of the molecule is CN1CCN(C(=O)N(N)c2cncc(-c3cnc4[nH]nc(-c5cc6c(C(=O)N7CCCC7)cccc6[nH]5)c4c3)c2)CC1. The van der Waals surface area contributed by atoms with Crippen LogP contribution in [0.3, 0.4) is 0 Å². The van der Waals surface area contributed by atoms with Crippen molar-refractivity contribution in [3.8, 4) is 22.5 Å². The van der Waals surface area contributed by atoms with Gasteiger partial charge in [0.1, 0.15) is 5.69 Å². The van der Waals surface area contributed by atoms with Crippen molar-refractivity contribution in [2.24, 2.45) is 5.84 Å². The van der Waals surface area contributed by atoms with Gasteiger partial charge in [-0.25, -0.2) is 20.6 Å². The number of hydrazine groups is 1. The number of likely N-dealkylation sites (N-methyl/N-ethyl adjacent to an activating group) is 1. The number of nitrogens with zero attached hydrogens (tertiary/aromatic N) is 7. The minimum atomic E-state index is -0.255. The molecule has 12 nitrogen and oxygen atoms in total. The van der Waals surface area contributed by atoms with E-state index >= 15 is 0 Å². The molecule has 7 rings (SSSR count). The van der Waals surface area contributed by atoms with Gasteiger partial charge in [-0.3, -0.25) is 14.9 Å². The zero-order chi connectivity index (χ0) is 28.8. The van der Waals surface area contributed by atoms with Crippen molar-refractivity contribution >= 4 is 39.6 Å². The number of nitrogens with two attached hydrogens (primary N) is 1. The van der Waals surface area contributed by atoms with Gasteiger partial charge >= 0.3 is 6.03 Å². The molecule has 4 N–H and O–H groups in total. The summed E-state index contributed by atoms with van der Waals surface area (Å²) in [7, 11) is 2.04. The standard InChI is InChI=1S/C30H32N10O2/c1-37-9-11-39(12-10-37)30(42)40(31)21-13-19(16-32-18-21)20-14-24-27(35-36-28(24)33-17-20)26-15-23-22(5-4-6-25(23)34-26)29(41)38-7-2-3-8-38/h4-6,13-18,34H,2-3,7-12,31H2,1H3,(H,33,35,36). The molecule has 0 atom stereocenters. The maximum atomic E-state index is 13.2. The first kappa shape index (κ1) is 26.1. The van der Waals surface area contributed by atoms with Gasteiger partial charge in [0.25, 0.3) is 5.91 Å². The number of nitrogens with one attached hydrogen (secondary N) is 2. The quantitative estimate of drug-likeness (QED) is 0.172. The van der Waals surface area contributed by atoms with E-state index in [0.717, 1.165) is 77.1 Å². The van der Waals surface area contributed by atoms with E-state index in [2.05, 4.69) is 30.0 Å². The summed E-state index contributed by atoms with van der Waals surface area (Å²) in [6, 6.07) is 11.3. The molecule has 5 aromatic rings. The highest BCUT2D eigenvalue weighted by Crippen LogP contribution is 2.33. The molecule has 2 aliphatic heterocycles. The van der Waals surface area contributed by atoms with E-state index < -0.39 is 0 Å². The smallest absolute Gasteiger partial charge is 0.339 e. The van der Waals surface area contributed by atoms with Gasteiger partial charge < -0.3 is 19.7 Å². The summed E-state index contributed by atoms with van der Waals surface area (Å²) in [5.41, 5.74) is 5.76. The number of hydrogen-bond donors (Lipinski definition) is 3. The van der Waals surface area contributed by atoms with Crippen LogP contribution in [0.5, 0.6) is 0 Å². The molecular formula is C30H32N10O2. The maximum Gasteiger partial charge on any atom is 0.339 e. The van der Waals surface area contributed by atoms with Crippen LogP contribution in [-0.2, 0) is 0 Å². The summed E-state index contributed by atoms with van der Waals surface area (Å²) in [6.45, 7) is 4.47. The summed E-state index contributed by atoms with van der Waals surface area (Å²) in [5, 5.41) is 10.4. The zero-order valence-corrected chi connectivity index (χ0v) is 23.4. The minimum absolute atomic E-state index is 0.0620. The number of benzene rings is 1. The Kier molecular flexibility index (Phi) is 6.56. The highest BCUT2D eigenvalue weighted by molar-refractivity contribution is 6.08. The van der Waals surface area contributed by atoms with Crippen molar-refractivity contribution < 1.29 is 9.59 Å². The molecule has 0 unspecified atom stereocenters. The van der Waals surface area contributed by atoms with Crippen LogP contribution in [-0.4, -0.2) is 98.1 Å². The monoisotopic (exact) mass is 564 g/mol. The van der Waals surface area contributed by atoms with Gasteiger partial charge in [-0.05, 0) is 50.2 Å². The molecule has 0 spiro atoms. The first-order valence-corrected chi connectivity index (χ1v) is 14.2. The molecule has 0 radical (unpaired) electrons. The second-order valence-corrected chi connectivity index (χ2v) is 11.0. The molecule has 6 heterocycles. The minimum Gasteiger partial charge on any atom is -0.353 e. The number of likely N-dealkylation sites (tertiary alicyclic amines) is 1. The Morgan fingerprint density at radius 1 is 0.905 bits per heavy atom. The van der Waals surface area contributed by atoms with Gasteiger partial charge in [0, 0.05) is 84.6 Å². The predicted octanol–water partition coefficient (Wildman–Crippen LogP) is 3.45. The highest BCUT2D eigenvalue weighted by Gasteiger charge is 2.25. The van der Waals surface area contributed by atoms with Crippen LogP contribution in [0.1, 0.15) is 23.2 Å². The molecule has 0 aliphatic carbocycles. The largest absolute Gasteiger partial charge is 0.353 e. The number of piperazine rings is 1. The zero-order valence-electron chi connectivity index (χ0n) is 23.4. The van der Waals surface area contributed by atoms with Gasteiger partial charge in [-0.1, -0.05) is 6.07 Å². The Morgan fingerprint density at radius 2 is 1.69 bits per heavy atom. The van der Waals surface area contributed by atoms with Gasteiger partial charge in [-0.2, -0.15) is 5.10 Å². The first-order valence-electron chi connectivity index (χ1n) is 14.2. The number of pyridine rings is 2.